The summed E-state index contributed by atoms with van der Waals surface area (Å²) >= 11 is 6.13. The zero-order valence-electron chi connectivity index (χ0n) is 19.9. The molecule has 1 spiro atoms. The van der Waals surface area contributed by atoms with Gasteiger partial charge < -0.3 is 25.0 Å². The second-order valence-electron chi connectivity index (χ2n) is 9.94. The van der Waals surface area contributed by atoms with Gasteiger partial charge in [0, 0.05) is 49.5 Å². The van der Waals surface area contributed by atoms with Crippen LogP contribution in [0.15, 0.2) is 30.6 Å². The van der Waals surface area contributed by atoms with E-state index in [-0.39, 0.29) is 40.6 Å². The van der Waals surface area contributed by atoms with Crippen LogP contribution in [0.2, 0.25) is 5.02 Å². The van der Waals surface area contributed by atoms with Crippen LogP contribution in [0.1, 0.15) is 53.1 Å². The first-order valence-electron chi connectivity index (χ1n) is 12.3. The van der Waals surface area contributed by atoms with Gasteiger partial charge in [0.15, 0.2) is 5.69 Å². The van der Waals surface area contributed by atoms with Crippen LogP contribution < -0.4 is 10.2 Å². The van der Waals surface area contributed by atoms with Crippen molar-refractivity contribution in [2.45, 2.75) is 38.1 Å². The highest BCUT2D eigenvalue weighted by Gasteiger charge is 2.49. The molecule has 2 aliphatic heterocycles. The number of rotatable bonds is 4. The SMILES string of the molecule is CN1CCN(C(=O)c2nc[nH]c2C(=O)N[C@H]2CC[C@@]3(CCN(c4cccc(Cl)c4)C3=O)CC2)CC1. The molecule has 0 atom stereocenters. The van der Waals surface area contributed by atoms with Crippen LogP contribution >= 0.6 is 11.6 Å². The summed E-state index contributed by atoms with van der Waals surface area (Å²) in [5, 5.41) is 3.68. The lowest BCUT2D eigenvalue weighted by Gasteiger charge is -2.36. The average Bonchev–Trinajstić information content (AvgIpc) is 3.46. The van der Waals surface area contributed by atoms with E-state index in [9.17, 15) is 14.4 Å². The van der Waals surface area contributed by atoms with E-state index in [0.717, 1.165) is 50.9 Å². The average molecular weight is 499 g/mol. The number of piperazine rings is 1. The number of carbonyl (C=O) groups excluding carboxylic acids is 3. The second kappa shape index (κ2) is 9.62. The molecule has 0 unspecified atom stereocenters. The molecule has 10 heteroatoms. The molecule has 2 N–H and O–H groups in total. The van der Waals surface area contributed by atoms with Crippen molar-refractivity contribution in [3.8, 4) is 0 Å². The largest absolute Gasteiger partial charge is 0.348 e. The van der Waals surface area contributed by atoms with Gasteiger partial charge in [-0.1, -0.05) is 17.7 Å². The number of carbonyl (C=O) groups is 3. The van der Waals surface area contributed by atoms with E-state index in [4.69, 9.17) is 11.6 Å². The van der Waals surface area contributed by atoms with Crippen LogP contribution in [0, 0.1) is 5.41 Å². The molecule has 2 aromatic rings. The van der Waals surface area contributed by atoms with Gasteiger partial charge in [0.25, 0.3) is 11.8 Å². The summed E-state index contributed by atoms with van der Waals surface area (Å²) in [6, 6.07) is 7.37. The first kappa shape index (κ1) is 23.8. The molecule has 1 saturated carbocycles. The lowest BCUT2D eigenvalue weighted by Crippen LogP contribution is -2.48. The summed E-state index contributed by atoms with van der Waals surface area (Å²) in [5.41, 5.74) is 0.840. The number of H-pyrrole nitrogens is 1. The van der Waals surface area contributed by atoms with Gasteiger partial charge in [0.05, 0.1) is 11.7 Å². The van der Waals surface area contributed by atoms with Crippen LogP contribution in [0.4, 0.5) is 5.69 Å². The Bertz CT molecular complexity index is 1120. The maximum absolute atomic E-state index is 13.3. The van der Waals surface area contributed by atoms with Crippen molar-refractivity contribution in [3.05, 3.63) is 47.0 Å². The van der Waals surface area contributed by atoms with Gasteiger partial charge in [-0.05, 0) is 57.4 Å². The van der Waals surface area contributed by atoms with E-state index in [2.05, 4.69) is 20.2 Å². The zero-order chi connectivity index (χ0) is 24.6. The summed E-state index contributed by atoms with van der Waals surface area (Å²) in [7, 11) is 2.03. The molecule has 3 fully saturated rings. The van der Waals surface area contributed by atoms with Crippen molar-refractivity contribution in [3.63, 3.8) is 0 Å². The predicted molar refractivity (Wildman–Crippen MR) is 133 cm³/mol. The van der Waals surface area contributed by atoms with Gasteiger partial charge in [-0.2, -0.15) is 0 Å². The Hall–Kier alpha value is -2.91. The van der Waals surface area contributed by atoms with E-state index in [1.54, 1.807) is 11.0 Å². The van der Waals surface area contributed by atoms with E-state index < -0.39 is 0 Å². The minimum atomic E-state index is -0.375. The van der Waals surface area contributed by atoms with Crippen LogP contribution in [-0.2, 0) is 4.79 Å². The standard InChI is InChI=1S/C25H31ClN6O3/c1-30-11-13-31(14-12-30)23(34)21-20(27-16-28-21)22(33)29-18-5-7-25(8-6-18)9-10-32(24(25)35)19-4-2-3-17(26)15-19/h2-4,15-16,18H,5-14H2,1H3,(H,27,28)(H,29,33)/t18-,25-. The lowest BCUT2D eigenvalue weighted by molar-refractivity contribution is -0.127. The number of amides is 3. The third-order valence-electron chi connectivity index (χ3n) is 7.77. The highest BCUT2D eigenvalue weighted by molar-refractivity contribution is 6.31. The Balaban J connectivity index is 1.19. The quantitative estimate of drug-likeness (QED) is 0.674. The molecule has 1 aromatic carbocycles. The topological polar surface area (TPSA) is 102 Å². The predicted octanol–water partition coefficient (Wildman–Crippen LogP) is 2.55. The molecular weight excluding hydrogens is 468 g/mol. The van der Waals surface area contributed by atoms with Crippen molar-refractivity contribution in [2.75, 3.05) is 44.7 Å². The normalized spacial score (nSPS) is 25.3. The molecule has 186 valence electrons. The lowest BCUT2D eigenvalue weighted by atomic mass is 9.71. The van der Waals surface area contributed by atoms with Crippen LogP contribution in [0.5, 0.6) is 0 Å². The molecule has 0 radical (unpaired) electrons. The number of likely N-dealkylation sites (N-methyl/N-ethyl adjacent to an activating group) is 1. The fraction of sp³-hybridized carbons (Fsp3) is 0.520. The Morgan fingerprint density at radius 3 is 2.57 bits per heavy atom. The van der Waals surface area contributed by atoms with Gasteiger partial charge in [-0.25, -0.2) is 4.98 Å². The first-order valence-corrected chi connectivity index (χ1v) is 12.6. The summed E-state index contributed by atoms with van der Waals surface area (Å²) in [6.45, 7) is 3.52. The third-order valence-corrected chi connectivity index (χ3v) is 8.01. The summed E-state index contributed by atoms with van der Waals surface area (Å²) in [6.07, 6.45) is 5.10. The molecule has 1 aromatic heterocycles. The number of hydrogen-bond acceptors (Lipinski definition) is 5. The maximum Gasteiger partial charge on any atom is 0.274 e. The van der Waals surface area contributed by atoms with Crippen LogP contribution in [0.25, 0.3) is 0 Å². The molecule has 5 rings (SSSR count). The van der Waals surface area contributed by atoms with Gasteiger partial charge in [-0.3, -0.25) is 14.4 Å². The number of nitrogens with zero attached hydrogens (tertiary/aromatic N) is 4. The monoisotopic (exact) mass is 498 g/mol. The number of imidazole rings is 1. The number of benzene rings is 1. The van der Waals surface area contributed by atoms with Crippen molar-refractivity contribution in [1.82, 2.24) is 25.1 Å². The fourth-order valence-corrected chi connectivity index (χ4v) is 5.72. The number of anilines is 1. The fourth-order valence-electron chi connectivity index (χ4n) is 5.54. The minimum absolute atomic E-state index is 0.0453. The van der Waals surface area contributed by atoms with Crippen LogP contribution in [0.3, 0.4) is 0 Å². The Kier molecular flexibility index (Phi) is 6.55. The molecule has 9 nitrogen and oxygen atoms in total. The highest BCUT2D eigenvalue weighted by Crippen LogP contribution is 2.46. The maximum atomic E-state index is 13.3. The molecule has 35 heavy (non-hydrogen) atoms. The molecule has 3 aliphatic rings. The van der Waals surface area contributed by atoms with Crippen LogP contribution in [-0.4, -0.2) is 83.3 Å². The molecule has 2 saturated heterocycles. The van der Waals surface area contributed by atoms with Crippen molar-refractivity contribution in [1.29, 1.82) is 0 Å². The Labute approximate surface area is 209 Å². The zero-order valence-corrected chi connectivity index (χ0v) is 20.7. The number of aromatic nitrogens is 2. The van der Waals surface area contributed by atoms with Crippen molar-refractivity contribution < 1.29 is 14.4 Å². The Morgan fingerprint density at radius 1 is 1.11 bits per heavy atom. The molecule has 3 heterocycles. The molecular formula is C25H31ClN6O3. The molecule has 1 aliphatic carbocycles. The smallest absolute Gasteiger partial charge is 0.274 e. The third kappa shape index (κ3) is 4.67. The molecule has 0 bridgehead atoms. The van der Waals surface area contributed by atoms with E-state index >= 15 is 0 Å². The summed E-state index contributed by atoms with van der Waals surface area (Å²) in [5.74, 6) is -0.387. The first-order chi connectivity index (χ1) is 16.9. The Morgan fingerprint density at radius 2 is 1.86 bits per heavy atom. The number of aromatic amines is 1. The number of halogens is 1. The van der Waals surface area contributed by atoms with E-state index in [1.165, 1.54) is 6.33 Å². The number of nitrogens with one attached hydrogen (secondary N) is 2. The minimum Gasteiger partial charge on any atom is -0.348 e. The van der Waals surface area contributed by atoms with Crippen molar-refractivity contribution in [2.24, 2.45) is 5.41 Å². The van der Waals surface area contributed by atoms with Crippen molar-refractivity contribution >= 4 is 35.0 Å². The van der Waals surface area contributed by atoms with Gasteiger partial charge in [-0.15, -0.1) is 0 Å². The van der Waals surface area contributed by atoms with E-state index in [0.29, 0.717) is 24.7 Å². The van der Waals surface area contributed by atoms with Gasteiger partial charge >= 0.3 is 0 Å². The highest BCUT2D eigenvalue weighted by atomic mass is 35.5. The van der Waals surface area contributed by atoms with E-state index in [1.807, 2.05) is 30.1 Å². The molecule has 3 amide bonds. The summed E-state index contributed by atoms with van der Waals surface area (Å²) in [4.78, 5) is 52.1. The van der Waals surface area contributed by atoms with Gasteiger partial charge in [0.1, 0.15) is 5.69 Å². The summed E-state index contributed by atoms with van der Waals surface area (Å²) < 4.78 is 0. The number of hydrogen-bond donors (Lipinski definition) is 2. The second-order valence-corrected chi connectivity index (χ2v) is 10.4. The van der Waals surface area contributed by atoms with Gasteiger partial charge in [0.2, 0.25) is 5.91 Å².